The van der Waals surface area contributed by atoms with Crippen molar-refractivity contribution in [2.45, 2.75) is 38.8 Å². The van der Waals surface area contributed by atoms with Crippen LogP contribution in [0.25, 0.3) is 0 Å². The van der Waals surface area contributed by atoms with Crippen LogP contribution in [0.4, 0.5) is 0 Å². The second-order valence-corrected chi connectivity index (χ2v) is 4.81. The molecule has 2 unspecified atom stereocenters. The summed E-state index contributed by atoms with van der Waals surface area (Å²) in [4.78, 5) is 11.5. The lowest BCUT2D eigenvalue weighted by Gasteiger charge is -2.26. The first-order valence-electron chi connectivity index (χ1n) is 5.96. The first-order chi connectivity index (χ1) is 8.36. The second-order valence-electron chi connectivity index (χ2n) is 4.81. The van der Waals surface area contributed by atoms with Crippen LogP contribution < -0.4 is 10.5 Å². The molecular formula is C14H21NO3. The van der Waals surface area contributed by atoms with Crippen molar-refractivity contribution >= 4 is 5.97 Å². The number of methoxy groups -OCH3 is 1. The van der Waals surface area contributed by atoms with Crippen molar-refractivity contribution < 1.29 is 14.3 Å². The third-order valence-corrected chi connectivity index (χ3v) is 2.78. The van der Waals surface area contributed by atoms with Crippen LogP contribution in [-0.4, -0.2) is 24.7 Å². The number of carbonyl (C=O) groups is 1. The summed E-state index contributed by atoms with van der Waals surface area (Å²) in [6, 6.07) is 7.74. The minimum Gasteiger partial charge on any atom is -0.490 e. The van der Waals surface area contributed by atoms with Crippen molar-refractivity contribution in [1.82, 2.24) is 0 Å². The average molecular weight is 251 g/mol. The molecule has 0 aliphatic carbocycles. The van der Waals surface area contributed by atoms with Gasteiger partial charge in [-0.2, -0.15) is 0 Å². The third kappa shape index (κ3) is 3.74. The van der Waals surface area contributed by atoms with E-state index >= 15 is 0 Å². The van der Waals surface area contributed by atoms with E-state index in [0.29, 0.717) is 6.42 Å². The van der Waals surface area contributed by atoms with Gasteiger partial charge in [-0.15, -0.1) is 0 Å². The lowest BCUT2D eigenvalue weighted by molar-refractivity contribution is -0.147. The largest absolute Gasteiger partial charge is 0.490 e. The Morgan fingerprint density at radius 2 is 2.06 bits per heavy atom. The van der Waals surface area contributed by atoms with E-state index in [9.17, 15) is 4.79 Å². The lowest BCUT2D eigenvalue weighted by Crippen LogP contribution is -2.48. The van der Waals surface area contributed by atoms with Crippen LogP contribution in [0.5, 0.6) is 5.75 Å². The van der Waals surface area contributed by atoms with Crippen LogP contribution >= 0.6 is 0 Å². The average Bonchev–Trinajstić information content (AvgIpc) is 2.30. The first-order valence-corrected chi connectivity index (χ1v) is 5.96. The highest BCUT2D eigenvalue weighted by Crippen LogP contribution is 2.21. The topological polar surface area (TPSA) is 61.5 Å². The summed E-state index contributed by atoms with van der Waals surface area (Å²) in [5, 5.41) is 0. The molecule has 0 bridgehead atoms. The van der Waals surface area contributed by atoms with E-state index in [1.165, 1.54) is 7.11 Å². The molecule has 1 aromatic carbocycles. The van der Waals surface area contributed by atoms with E-state index in [-0.39, 0.29) is 6.10 Å². The molecule has 0 spiro atoms. The molecule has 0 fully saturated rings. The Morgan fingerprint density at radius 3 is 2.61 bits per heavy atom. The fourth-order valence-corrected chi connectivity index (χ4v) is 1.86. The Kier molecular flexibility index (Phi) is 4.73. The SMILES string of the molecule is COC(=O)C(C)(N)CC(C)Oc1ccccc1C. The summed E-state index contributed by atoms with van der Waals surface area (Å²) in [5.74, 6) is 0.383. The van der Waals surface area contributed by atoms with Crippen molar-refractivity contribution in [3.8, 4) is 5.75 Å². The normalized spacial score (nSPS) is 15.6. The molecule has 1 aromatic rings. The van der Waals surface area contributed by atoms with Gasteiger partial charge < -0.3 is 15.2 Å². The molecule has 0 saturated carbocycles. The van der Waals surface area contributed by atoms with Gasteiger partial charge >= 0.3 is 5.97 Å². The molecule has 1 rings (SSSR count). The van der Waals surface area contributed by atoms with E-state index in [4.69, 9.17) is 10.5 Å². The number of carbonyl (C=O) groups excluding carboxylic acids is 1. The van der Waals surface area contributed by atoms with Crippen molar-refractivity contribution in [3.63, 3.8) is 0 Å². The molecule has 2 atom stereocenters. The predicted octanol–water partition coefficient (Wildman–Crippen LogP) is 2.04. The van der Waals surface area contributed by atoms with Crippen LogP contribution in [0.2, 0.25) is 0 Å². The standard InChI is InChI=1S/C14H21NO3/c1-10-7-5-6-8-12(10)18-11(2)9-14(3,15)13(16)17-4/h5-8,11H,9,15H2,1-4H3. The smallest absolute Gasteiger partial charge is 0.325 e. The maximum Gasteiger partial charge on any atom is 0.325 e. The maximum atomic E-state index is 11.5. The molecule has 0 aliphatic heterocycles. The molecule has 2 N–H and O–H groups in total. The molecule has 0 saturated heterocycles. The van der Waals surface area contributed by atoms with Gasteiger partial charge in [-0.3, -0.25) is 4.79 Å². The van der Waals surface area contributed by atoms with Crippen LogP contribution in [0.15, 0.2) is 24.3 Å². The summed E-state index contributed by atoms with van der Waals surface area (Å²) in [6.07, 6.45) is 0.230. The number of aryl methyl sites for hydroxylation is 1. The molecule has 0 aliphatic rings. The van der Waals surface area contributed by atoms with Gasteiger partial charge in [0.25, 0.3) is 0 Å². The Hall–Kier alpha value is -1.55. The third-order valence-electron chi connectivity index (χ3n) is 2.78. The van der Waals surface area contributed by atoms with Gasteiger partial charge in [0.1, 0.15) is 11.3 Å². The zero-order valence-corrected chi connectivity index (χ0v) is 11.4. The minimum atomic E-state index is -1.03. The highest BCUT2D eigenvalue weighted by molar-refractivity contribution is 5.79. The van der Waals surface area contributed by atoms with Crippen LogP contribution in [0, 0.1) is 6.92 Å². The highest BCUT2D eigenvalue weighted by atomic mass is 16.5. The zero-order valence-electron chi connectivity index (χ0n) is 11.4. The summed E-state index contributed by atoms with van der Waals surface area (Å²) in [7, 11) is 1.33. The zero-order chi connectivity index (χ0) is 13.8. The van der Waals surface area contributed by atoms with E-state index in [2.05, 4.69) is 4.74 Å². The number of hydrogen-bond donors (Lipinski definition) is 1. The van der Waals surface area contributed by atoms with Gasteiger partial charge in [-0.25, -0.2) is 0 Å². The molecule has 100 valence electrons. The van der Waals surface area contributed by atoms with Crippen molar-refractivity contribution in [1.29, 1.82) is 0 Å². The fourth-order valence-electron chi connectivity index (χ4n) is 1.86. The van der Waals surface area contributed by atoms with Crippen molar-refractivity contribution in [2.24, 2.45) is 5.73 Å². The van der Waals surface area contributed by atoms with Crippen LogP contribution in [0.3, 0.4) is 0 Å². The monoisotopic (exact) mass is 251 g/mol. The quantitative estimate of drug-likeness (QED) is 0.813. The lowest BCUT2D eigenvalue weighted by atomic mass is 9.96. The van der Waals surface area contributed by atoms with Gasteiger partial charge in [-0.1, -0.05) is 18.2 Å². The number of ether oxygens (including phenoxy) is 2. The fraction of sp³-hybridized carbons (Fsp3) is 0.500. The Bertz CT molecular complexity index is 415. The van der Waals surface area contributed by atoms with Gasteiger partial charge in [0.15, 0.2) is 0 Å². The minimum absolute atomic E-state index is 0.166. The Morgan fingerprint density at radius 1 is 1.44 bits per heavy atom. The molecule has 0 amide bonds. The predicted molar refractivity (Wildman–Crippen MR) is 70.5 cm³/mol. The van der Waals surface area contributed by atoms with Gasteiger partial charge in [0.2, 0.25) is 0 Å². The number of para-hydroxylation sites is 1. The van der Waals surface area contributed by atoms with Crippen LogP contribution in [-0.2, 0) is 9.53 Å². The summed E-state index contributed by atoms with van der Waals surface area (Å²) in [5.41, 5.74) is 5.93. The summed E-state index contributed by atoms with van der Waals surface area (Å²) >= 11 is 0. The number of benzene rings is 1. The molecule has 0 radical (unpaired) electrons. The molecule has 4 nitrogen and oxygen atoms in total. The van der Waals surface area contributed by atoms with Crippen molar-refractivity contribution in [3.05, 3.63) is 29.8 Å². The second kappa shape index (κ2) is 5.87. The number of nitrogens with two attached hydrogens (primary N) is 1. The highest BCUT2D eigenvalue weighted by Gasteiger charge is 2.32. The van der Waals surface area contributed by atoms with Gasteiger partial charge in [-0.05, 0) is 32.4 Å². The summed E-state index contributed by atoms with van der Waals surface area (Å²) < 4.78 is 10.5. The van der Waals surface area contributed by atoms with E-state index in [0.717, 1.165) is 11.3 Å². The van der Waals surface area contributed by atoms with Crippen molar-refractivity contribution in [2.75, 3.05) is 7.11 Å². The molecular weight excluding hydrogens is 230 g/mol. The van der Waals surface area contributed by atoms with Gasteiger partial charge in [0.05, 0.1) is 13.2 Å². The van der Waals surface area contributed by atoms with E-state index in [1.54, 1.807) is 6.92 Å². The van der Waals surface area contributed by atoms with Gasteiger partial charge in [0, 0.05) is 6.42 Å². The number of hydrogen-bond acceptors (Lipinski definition) is 4. The molecule has 4 heteroatoms. The number of rotatable bonds is 5. The molecule has 18 heavy (non-hydrogen) atoms. The number of esters is 1. The van der Waals surface area contributed by atoms with E-state index in [1.807, 2.05) is 38.1 Å². The Balaban J connectivity index is 2.65. The first kappa shape index (κ1) is 14.5. The Labute approximate surface area is 108 Å². The summed E-state index contributed by atoms with van der Waals surface area (Å²) in [6.45, 7) is 5.51. The van der Waals surface area contributed by atoms with Crippen LogP contribution in [0.1, 0.15) is 25.8 Å². The van der Waals surface area contributed by atoms with E-state index < -0.39 is 11.5 Å². The maximum absolute atomic E-state index is 11.5. The molecule has 0 heterocycles. The molecule has 0 aromatic heterocycles.